The number of hydrogen-bond donors (Lipinski definition) is 0. The SMILES string of the molecule is CCC(=O)c1ccc(OC(=O)c2ccc(C#N)cc2)cc1. The number of nitriles is 1. The molecule has 0 radical (unpaired) electrons. The summed E-state index contributed by atoms with van der Waals surface area (Å²) in [5.74, 6) is -0.0916. The number of carbonyl (C=O) groups excluding carboxylic acids is 2. The molecular weight excluding hydrogens is 266 g/mol. The van der Waals surface area contributed by atoms with Gasteiger partial charge in [-0.3, -0.25) is 4.79 Å². The van der Waals surface area contributed by atoms with E-state index in [-0.39, 0.29) is 5.78 Å². The van der Waals surface area contributed by atoms with Crippen molar-refractivity contribution >= 4 is 11.8 Å². The molecular formula is C17H13NO3. The molecule has 0 unspecified atom stereocenters. The average molecular weight is 279 g/mol. The van der Waals surface area contributed by atoms with E-state index >= 15 is 0 Å². The van der Waals surface area contributed by atoms with Gasteiger partial charge in [0.15, 0.2) is 5.78 Å². The normalized spacial score (nSPS) is 9.71. The maximum atomic E-state index is 11.9. The van der Waals surface area contributed by atoms with Crippen LogP contribution in [0.25, 0.3) is 0 Å². The Balaban J connectivity index is 2.08. The van der Waals surface area contributed by atoms with Crippen LogP contribution in [0.3, 0.4) is 0 Å². The highest BCUT2D eigenvalue weighted by molar-refractivity contribution is 5.96. The van der Waals surface area contributed by atoms with E-state index in [0.29, 0.717) is 28.9 Å². The van der Waals surface area contributed by atoms with Crippen LogP contribution in [0.5, 0.6) is 5.75 Å². The summed E-state index contributed by atoms with van der Waals surface area (Å²) in [6.45, 7) is 1.79. The van der Waals surface area contributed by atoms with Crippen LogP contribution in [0.2, 0.25) is 0 Å². The van der Waals surface area contributed by atoms with Gasteiger partial charge in [-0.1, -0.05) is 6.92 Å². The molecule has 2 aromatic rings. The second kappa shape index (κ2) is 6.49. The lowest BCUT2D eigenvalue weighted by molar-refractivity contribution is 0.0734. The minimum atomic E-state index is -0.506. The van der Waals surface area contributed by atoms with E-state index in [1.807, 2.05) is 6.07 Å². The molecule has 0 N–H and O–H groups in total. The summed E-state index contributed by atoms with van der Waals surface area (Å²) in [5, 5.41) is 8.70. The highest BCUT2D eigenvalue weighted by Gasteiger charge is 2.09. The molecule has 0 saturated carbocycles. The van der Waals surface area contributed by atoms with Crippen molar-refractivity contribution < 1.29 is 14.3 Å². The van der Waals surface area contributed by atoms with E-state index in [0.717, 1.165) is 0 Å². The predicted octanol–water partition coefficient (Wildman–Crippen LogP) is 3.37. The number of ketones is 1. The van der Waals surface area contributed by atoms with Gasteiger partial charge in [0, 0.05) is 12.0 Å². The minimum absolute atomic E-state index is 0.0416. The summed E-state index contributed by atoms with van der Waals surface area (Å²) in [7, 11) is 0. The van der Waals surface area contributed by atoms with E-state index < -0.39 is 5.97 Å². The summed E-state index contributed by atoms with van der Waals surface area (Å²) in [5.41, 5.74) is 1.44. The lowest BCUT2D eigenvalue weighted by Crippen LogP contribution is -2.08. The third-order valence-electron chi connectivity index (χ3n) is 2.96. The quantitative estimate of drug-likeness (QED) is 0.489. The topological polar surface area (TPSA) is 67.2 Å². The summed E-state index contributed by atoms with van der Waals surface area (Å²) in [6.07, 6.45) is 0.435. The Labute approximate surface area is 122 Å². The summed E-state index contributed by atoms with van der Waals surface area (Å²) in [4.78, 5) is 23.4. The Morgan fingerprint density at radius 2 is 1.57 bits per heavy atom. The van der Waals surface area contributed by atoms with Gasteiger partial charge >= 0.3 is 5.97 Å². The van der Waals surface area contributed by atoms with Crippen LogP contribution in [0.1, 0.15) is 39.6 Å². The van der Waals surface area contributed by atoms with Gasteiger partial charge in [0.25, 0.3) is 0 Å². The first-order valence-corrected chi connectivity index (χ1v) is 6.49. The molecule has 0 aliphatic carbocycles. The molecule has 21 heavy (non-hydrogen) atoms. The van der Waals surface area contributed by atoms with Crippen LogP contribution in [0.15, 0.2) is 48.5 Å². The first-order chi connectivity index (χ1) is 10.1. The van der Waals surface area contributed by atoms with Gasteiger partial charge in [-0.2, -0.15) is 5.26 Å². The summed E-state index contributed by atoms with van der Waals surface area (Å²) in [6, 6.07) is 14.6. The molecule has 0 amide bonds. The number of esters is 1. The number of rotatable bonds is 4. The molecule has 0 fully saturated rings. The van der Waals surface area contributed by atoms with Crippen molar-refractivity contribution in [2.24, 2.45) is 0 Å². The maximum absolute atomic E-state index is 11.9. The fourth-order valence-corrected chi connectivity index (χ4v) is 1.76. The Hall–Kier alpha value is -2.93. The van der Waals surface area contributed by atoms with Crippen LogP contribution in [-0.4, -0.2) is 11.8 Å². The first kappa shape index (κ1) is 14.5. The lowest BCUT2D eigenvalue weighted by Gasteiger charge is -2.05. The van der Waals surface area contributed by atoms with Crippen molar-refractivity contribution in [1.82, 2.24) is 0 Å². The second-order valence-corrected chi connectivity index (χ2v) is 4.38. The lowest BCUT2D eigenvalue weighted by atomic mass is 10.1. The minimum Gasteiger partial charge on any atom is -0.423 e. The Bertz CT molecular complexity index is 694. The van der Waals surface area contributed by atoms with Crippen LogP contribution in [0.4, 0.5) is 0 Å². The standard InChI is InChI=1S/C17H13NO3/c1-2-16(19)13-7-9-15(10-8-13)21-17(20)14-5-3-12(11-18)4-6-14/h3-10H,2H2,1H3. The summed E-state index contributed by atoms with van der Waals surface area (Å²) >= 11 is 0. The highest BCUT2D eigenvalue weighted by atomic mass is 16.5. The molecule has 0 aromatic heterocycles. The molecule has 4 heteroatoms. The molecule has 2 rings (SSSR count). The molecule has 0 aliphatic heterocycles. The third-order valence-corrected chi connectivity index (χ3v) is 2.96. The van der Waals surface area contributed by atoms with Gasteiger partial charge < -0.3 is 4.74 Å². The van der Waals surface area contributed by atoms with Gasteiger partial charge in [-0.25, -0.2) is 4.79 Å². The number of Topliss-reactive ketones (excluding diaryl/α,β-unsaturated/α-hetero) is 1. The zero-order valence-corrected chi connectivity index (χ0v) is 11.5. The Morgan fingerprint density at radius 1 is 1.00 bits per heavy atom. The fourth-order valence-electron chi connectivity index (χ4n) is 1.76. The zero-order valence-electron chi connectivity index (χ0n) is 11.5. The Kier molecular flexibility index (Phi) is 4.47. The van der Waals surface area contributed by atoms with E-state index in [9.17, 15) is 9.59 Å². The van der Waals surface area contributed by atoms with Crippen molar-refractivity contribution in [2.45, 2.75) is 13.3 Å². The molecule has 0 saturated heterocycles. The Morgan fingerprint density at radius 3 is 2.10 bits per heavy atom. The van der Waals surface area contributed by atoms with E-state index in [4.69, 9.17) is 10.00 Å². The molecule has 0 aliphatic rings. The van der Waals surface area contributed by atoms with Crippen molar-refractivity contribution in [3.8, 4) is 11.8 Å². The molecule has 4 nitrogen and oxygen atoms in total. The average Bonchev–Trinajstić information content (AvgIpc) is 2.55. The smallest absolute Gasteiger partial charge is 0.343 e. The molecule has 0 atom stereocenters. The van der Waals surface area contributed by atoms with Crippen LogP contribution in [-0.2, 0) is 0 Å². The number of carbonyl (C=O) groups is 2. The molecule has 0 bridgehead atoms. The van der Waals surface area contributed by atoms with Crippen molar-refractivity contribution in [2.75, 3.05) is 0 Å². The second-order valence-electron chi connectivity index (χ2n) is 4.38. The van der Waals surface area contributed by atoms with Gasteiger partial charge in [-0.15, -0.1) is 0 Å². The molecule has 0 heterocycles. The number of hydrogen-bond acceptors (Lipinski definition) is 4. The van der Waals surface area contributed by atoms with Crippen molar-refractivity contribution in [3.05, 3.63) is 65.2 Å². The van der Waals surface area contributed by atoms with E-state index in [1.165, 1.54) is 12.1 Å². The van der Waals surface area contributed by atoms with E-state index in [1.54, 1.807) is 43.3 Å². The van der Waals surface area contributed by atoms with Crippen molar-refractivity contribution in [3.63, 3.8) is 0 Å². The molecule has 2 aromatic carbocycles. The van der Waals surface area contributed by atoms with Crippen molar-refractivity contribution in [1.29, 1.82) is 5.26 Å². The molecule has 104 valence electrons. The molecule has 0 spiro atoms. The first-order valence-electron chi connectivity index (χ1n) is 6.49. The fraction of sp³-hybridized carbons (Fsp3) is 0.118. The largest absolute Gasteiger partial charge is 0.423 e. The van der Waals surface area contributed by atoms with Crippen LogP contribution < -0.4 is 4.74 Å². The monoisotopic (exact) mass is 279 g/mol. The van der Waals surface area contributed by atoms with Gasteiger partial charge in [0.05, 0.1) is 17.2 Å². The zero-order chi connectivity index (χ0) is 15.2. The number of nitrogens with zero attached hydrogens (tertiary/aromatic N) is 1. The van der Waals surface area contributed by atoms with Gasteiger partial charge in [-0.05, 0) is 48.5 Å². The van der Waals surface area contributed by atoms with Gasteiger partial charge in [0.2, 0.25) is 0 Å². The highest BCUT2D eigenvalue weighted by Crippen LogP contribution is 2.15. The predicted molar refractivity (Wildman–Crippen MR) is 77.2 cm³/mol. The summed E-state index contributed by atoms with van der Waals surface area (Å²) < 4.78 is 5.21. The van der Waals surface area contributed by atoms with Gasteiger partial charge in [0.1, 0.15) is 5.75 Å². The number of benzene rings is 2. The maximum Gasteiger partial charge on any atom is 0.343 e. The van der Waals surface area contributed by atoms with Crippen LogP contribution in [0, 0.1) is 11.3 Å². The number of ether oxygens (including phenoxy) is 1. The van der Waals surface area contributed by atoms with E-state index in [2.05, 4.69) is 0 Å². The van der Waals surface area contributed by atoms with Crippen LogP contribution >= 0.6 is 0 Å². The third kappa shape index (κ3) is 3.54.